The maximum atomic E-state index is 5.04. The van der Waals surface area contributed by atoms with Gasteiger partial charge in [0.1, 0.15) is 0 Å². The van der Waals surface area contributed by atoms with Gasteiger partial charge in [0.25, 0.3) is 0 Å². The normalized spacial score (nSPS) is 6.75. The molecule has 0 aromatic heterocycles. The second kappa shape index (κ2) is 3.01. The molecule has 0 amide bonds. The second-order valence-corrected chi connectivity index (χ2v) is 23.9. The quantitative estimate of drug-likeness (QED) is 0.601. The van der Waals surface area contributed by atoms with E-state index in [0.29, 0.717) is 0 Å². The van der Waals surface area contributed by atoms with Crippen LogP contribution >= 0.6 is 24.7 Å². The van der Waals surface area contributed by atoms with Crippen LogP contribution in [0.15, 0.2) is 0 Å². The van der Waals surface area contributed by atoms with E-state index in [2.05, 4.69) is 0 Å². The number of rotatable bonds is 0. The van der Waals surface area contributed by atoms with Crippen LogP contribution in [0.2, 0.25) is 0 Å². The Morgan fingerprint density at radius 2 is 1.00 bits per heavy atom. The summed E-state index contributed by atoms with van der Waals surface area (Å²) in [6.07, 6.45) is 0. The Hall–Kier alpha value is 1.81. The Bertz CT molecular complexity index is 8.00. The molecule has 0 fully saturated rings. The predicted octanol–water partition coefficient (Wildman–Crippen LogP) is 2.07. The average Bonchev–Trinajstić information content (AvgIpc) is 0.811. The molecule has 0 nitrogen and oxygen atoms in total. The van der Waals surface area contributed by atoms with Crippen molar-refractivity contribution in [2.24, 2.45) is 0 Å². The Kier molecular flexibility index (Phi) is 4.37. The van der Waals surface area contributed by atoms with Crippen molar-refractivity contribution in [2.45, 2.75) is 0 Å². The van der Waals surface area contributed by atoms with Gasteiger partial charge >= 0.3 is 44.1 Å². The van der Waals surface area contributed by atoms with Crippen LogP contribution in [0.1, 0.15) is 0 Å². The van der Waals surface area contributed by atoms with Gasteiger partial charge in [-0.15, -0.1) is 0 Å². The van der Waals surface area contributed by atoms with Gasteiger partial charge in [0, 0.05) is 0 Å². The van der Waals surface area contributed by atoms with Crippen molar-refractivity contribution in [3.8, 4) is 0 Å². The van der Waals surface area contributed by atoms with E-state index >= 15 is 0 Å². The first kappa shape index (κ1) is 5.81. The van der Waals surface area contributed by atoms with Gasteiger partial charge in [-0.25, -0.2) is 0 Å². The van der Waals surface area contributed by atoms with Crippen molar-refractivity contribution < 1.29 is 19.3 Å². The molecule has 0 saturated heterocycles. The SMILES string of the molecule is [Cl][Hg-]([Cl])[Cl]. The molecule has 0 aromatic rings. The van der Waals surface area contributed by atoms with E-state index in [1.807, 2.05) is 0 Å². The molecule has 0 atom stereocenters. The average molecular weight is 307 g/mol. The van der Waals surface area contributed by atoms with Gasteiger partial charge in [-0.05, 0) is 0 Å². The molecule has 0 heterocycles. The van der Waals surface area contributed by atoms with Crippen molar-refractivity contribution in [1.29, 1.82) is 0 Å². The first-order chi connectivity index (χ1) is 1.73. The zero-order valence-corrected chi connectivity index (χ0v) is 9.61. The molecule has 0 saturated carbocycles. The van der Waals surface area contributed by atoms with Gasteiger partial charge in [-0.2, -0.15) is 0 Å². The van der Waals surface area contributed by atoms with E-state index in [1.54, 1.807) is 0 Å². The number of hydrogen-bond acceptors (Lipinski definition) is 0. The number of hydrogen-bond donors (Lipinski definition) is 0. The zero-order chi connectivity index (χ0) is 3.58. The van der Waals surface area contributed by atoms with Crippen molar-refractivity contribution in [3.05, 3.63) is 0 Å². The Labute approximate surface area is 43.6 Å². The van der Waals surface area contributed by atoms with Crippen LogP contribution in [-0.4, -0.2) is 0 Å². The van der Waals surface area contributed by atoms with Gasteiger partial charge in [0.05, 0.1) is 0 Å². The molecule has 0 N–H and O–H groups in total. The molecular weight excluding hydrogens is 307 g/mol. The molecule has 0 aromatic carbocycles. The van der Waals surface area contributed by atoms with Gasteiger partial charge < -0.3 is 0 Å². The molecular formula is Cl3Hg-. The summed E-state index contributed by atoms with van der Waals surface area (Å²) in [6.45, 7) is 0. The summed E-state index contributed by atoms with van der Waals surface area (Å²) in [5.74, 6) is 0. The van der Waals surface area contributed by atoms with Crippen LogP contribution in [0.5, 0.6) is 0 Å². The van der Waals surface area contributed by atoms with E-state index in [4.69, 9.17) is 24.7 Å². The van der Waals surface area contributed by atoms with Crippen molar-refractivity contribution in [3.63, 3.8) is 0 Å². The van der Waals surface area contributed by atoms with Gasteiger partial charge in [-0.1, -0.05) is 0 Å². The van der Waals surface area contributed by atoms with Crippen molar-refractivity contribution >= 4 is 24.7 Å². The molecule has 0 unspecified atom stereocenters. The Morgan fingerprint density at radius 1 is 1.00 bits per heavy atom. The summed E-state index contributed by atoms with van der Waals surface area (Å²) in [5.41, 5.74) is 0. The van der Waals surface area contributed by atoms with Crippen LogP contribution in [0.4, 0.5) is 0 Å². The van der Waals surface area contributed by atoms with E-state index < -0.39 is 19.3 Å². The molecule has 0 bridgehead atoms. The standard InChI is InChI=1S/3ClH.Hg/h3*1H;/q;;;+2/p-3. The van der Waals surface area contributed by atoms with Crippen LogP contribution < -0.4 is 0 Å². The summed E-state index contributed by atoms with van der Waals surface area (Å²) < 4.78 is 0. The molecule has 0 aliphatic carbocycles. The van der Waals surface area contributed by atoms with Gasteiger partial charge in [-0.3, -0.25) is 0 Å². The zero-order valence-electron chi connectivity index (χ0n) is 1.84. The number of halogens is 3. The van der Waals surface area contributed by atoms with Crippen LogP contribution in [0.25, 0.3) is 0 Å². The summed E-state index contributed by atoms with van der Waals surface area (Å²) >= 11 is -2.37. The third kappa shape index (κ3) is 9.19. The first-order valence-corrected chi connectivity index (χ1v) is 21.1. The molecule has 0 radical (unpaired) electrons. The fourth-order valence-corrected chi connectivity index (χ4v) is 0. The third-order valence-electron chi connectivity index (χ3n) is 0. The Balaban J connectivity index is 2.32. The van der Waals surface area contributed by atoms with E-state index in [0.717, 1.165) is 0 Å². The van der Waals surface area contributed by atoms with E-state index in [1.165, 1.54) is 0 Å². The summed E-state index contributed by atoms with van der Waals surface area (Å²) in [7, 11) is 15.1. The third-order valence-corrected chi connectivity index (χ3v) is 0. The Morgan fingerprint density at radius 3 is 1.00 bits per heavy atom. The monoisotopic (exact) mass is 307 g/mol. The maximum absolute atomic E-state index is 5.04. The molecule has 24 valence electrons. The van der Waals surface area contributed by atoms with Crippen molar-refractivity contribution in [2.75, 3.05) is 0 Å². The van der Waals surface area contributed by atoms with Crippen LogP contribution in [0.3, 0.4) is 0 Å². The molecule has 0 spiro atoms. The predicted molar refractivity (Wildman–Crippen MR) is 17.6 cm³/mol. The fraction of sp³-hybridized carbons (Fsp3) is 0. The van der Waals surface area contributed by atoms with Crippen molar-refractivity contribution in [1.82, 2.24) is 0 Å². The first-order valence-electron chi connectivity index (χ1n) is 0.802. The summed E-state index contributed by atoms with van der Waals surface area (Å²) in [6, 6.07) is 0. The van der Waals surface area contributed by atoms with Crippen LogP contribution in [-0.2, 0) is 19.3 Å². The van der Waals surface area contributed by atoms with E-state index in [9.17, 15) is 0 Å². The topological polar surface area (TPSA) is 0 Å². The minimum atomic E-state index is -2.37. The fourth-order valence-electron chi connectivity index (χ4n) is 0. The van der Waals surface area contributed by atoms with Crippen LogP contribution in [0, 0.1) is 0 Å². The minimum absolute atomic E-state index is 2.37. The molecule has 4 heavy (non-hydrogen) atoms. The molecule has 0 aliphatic rings. The summed E-state index contributed by atoms with van der Waals surface area (Å²) in [4.78, 5) is 0. The van der Waals surface area contributed by atoms with E-state index in [-0.39, 0.29) is 0 Å². The second-order valence-electron chi connectivity index (χ2n) is 0.303. The molecule has 0 rings (SSSR count). The van der Waals surface area contributed by atoms with Gasteiger partial charge in [0.2, 0.25) is 0 Å². The molecule has 0 aliphatic heterocycles. The van der Waals surface area contributed by atoms with Gasteiger partial charge in [0.15, 0.2) is 0 Å². The summed E-state index contributed by atoms with van der Waals surface area (Å²) in [5, 5.41) is 0. The molecule has 4 heteroatoms.